The van der Waals surface area contributed by atoms with Gasteiger partial charge in [-0.2, -0.15) is 0 Å². The lowest BCUT2D eigenvalue weighted by Gasteiger charge is -2.27. The van der Waals surface area contributed by atoms with Gasteiger partial charge in [-0.05, 0) is 51.1 Å². The van der Waals surface area contributed by atoms with Crippen LogP contribution in [0.3, 0.4) is 0 Å². The van der Waals surface area contributed by atoms with Gasteiger partial charge in [-0.15, -0.1) is 22.7 Å². The normalized spacial score (nSPS) is 20.2. The van der Waals surface area contributed by atoms with Gasteiger partial charge in [0.1, 0.15) is 10.8 Å². The van der Waals surface area contributed by atoms with Gasteiger partial charge in [0.05, 0.1) is 28.4 Å². The lowest BCUT2D eigenvalue weighted by atomic mass is 9.81. The van der Waals surface area contributed by atoms with Crippen molar-refractivity contribution in [3.63, 3.8) is 0 Å². The van der Waals surface area contributed by atoms with Crippen molar-refractivity contribution in [2.24, 2.45) is 5.92 Å². The summed E-state index contributed by atoms with van der Waals surface area (Å²) in [6, 6.07) is 4.85. The number of hydrogen-bond donors (Lipinski definition) is 0. The van der Waals surface area contributed by atoms with Gasteiger partial charge >= 0.3 is 6.09 Å². The van der Waals surface area contributed by atoms with Gasteiger partial charge in [-0.3, -0.25) is 15.0 Å². The zero-order valence-electron chi connectivity index (χ0n) is 20.3. The van der Waals surface area contributed by atoms with E-state index in [1.54, 1.807) is 22.3 Å². The van der Waals surface area contributed by atoms with Gasteiger partial charge in [0, 0.05) is 26.7 Å². The molecular formula is C25H28ClN3O4S2. The minimum Gasteiger partial charge on any atom is -0.443 e. The average Bonchev–Trinajstić information content (AvgIpc) is 3.38. The third kappa shape index (κ3) is 5.37. The van der Waals surface area contributed by atoms with E-state index in [0.717, 1.165) is 20.0 Å². The quantitative estimate of drug-likeness (QED) is 0.146. The molecule has 1 aliphatic carbocycles. The average molecular weight is 534 g/mol. The number of aromatic nitrogens is 1. The maximum atomic E-state index is 13.4. The molecule has 0 spiro atoms. The number of aryl methyl sites for hydroxylation is 1. The van der Waals surface area contributed by atoms with Crippen LogP contribution in [0.4, 0.5) is 10.5 Å². The van der Waals surface area contributed by atoms with Crippen LogP contribution in [0.25, 0.3) is 10.2 Å². The molecule has 35 heavy (non-hydrogen) atoms. The van der Waals surface area contributed by atoms with Crippen molar-refractivity contribution in [2.45, 2.75) is 65.1 Å². The molecule has 0 fully saturated rings. The van der Waals surface area contributed by atoms with E-state index < -0.39 is 17.7 Å². The number of pyridine rings is 1. The van der Waals surface area contributed by atoms with Gasteiger partial charge in [-0.1, -0.05) is 36.7 Å². The molecule has 0 aromatic carbocycles. The number of allylic oxidation sites excluding steroid dienone is 1. The summed E-state index contributed by atoms with van der Waals surface area (Å²) >= 11 is 9.46. The topological polar surface area (TPSA) is 85.6 Å². The first-order chi connectivity index (χ1) is 16.5. The highest BCUT2D eigenvalue weighted by molar-refractivity contribution is 7.20. The molecule has 3 heterocycles. The minimum atomic E-state index is -0.723. The molecule has 3 unspecified atom stereocenters. The van der Waals surface area contributed by atoms with E-state index in [9.17, 15) is 14.9 Å². The van der Waals surface area contributed by atoms with Crippen LogP contribution in [0.1, 0.15) is 55.4 Å². The number of carbonyl (C=O) groups excluding carboxylic acids is 1. The Hall–Kier alpha value is -2.49. The highest BCUT2D eigenvalue weighted by Gasteiger charge is 2.40. The van der Waals surface area contributed by atoms with Crippen molar-refractivity contribution in [1.82, 2.24) is 4.98 Å². The molecule has 0 radical (unpaired) electrons. The van der Waals surface area contributed by atoms with Crippen LogP contribution in [-0.2, 0) is 11.3 Å². The number of anilines is 1. The molecule has 186 valence electrons. The van der Waals surface area contributed by atoms with Crippen molar-refractivity contribution in [1.29, 1.82) is 0 Å². The highest BCUT2D eigenvalue weighted by Crippen LogP contribution is 2.46. The molecule has 3 aromatic heterocycles. The van der Waals surface area contributed by atoms with E-state index >= 15 is 0 Å². The molecule has 3 atom stereocenters. The van der Waals surface area contributed by atoms with Crippen LogP contribution in [-0.4, -0.2) is 27.6 Å². The number of carbonyl (C=O) groups is 1. The number of halogens is 1. The first kappa shape index (κ1) is 25.6. The van der Waals surface area contributed by atoms with E-state index in [4.69, 9.17) is 16.3 Å². The molecule has 4 rings (SSSR count). The van der Waals surface area contributed by atoms with E-state index in [0.29, 0.717) is 24.2 Å². The fourth-order valence-electron chi connectivity index (χ4n) is 4.49. The van der Waals surface area contributed by atoms with Crippen molar-refractivity contribution in [2.75, 3.05) is 4.90 Å². The lowest BCUT2D eigenvalue weighted by molar-refractivity contribution is -0.534. The Morgan fingerprint density at radius 2 is 2.14 bits per heavy atom. The van der Waals surface area contributed by atoms with Gasteiger partial charge < -0.3 is 4.74 Å². The summed E-state index contributed by atoms with van der Waals surface area (Å²) in [4.78, 5) is 33.2. The Bertz CT molecular complexity index is 1280. The molecule has 7 nitrogen and oxygen atoms in total. The fourth-order valence-corrected chi connectivity index (χ4v) is 6.79. The first-order valence-corrected chi connectivity index (χ1v) is 13.5. The molecule has 10 heteroatoms. The summed E-state index contributed by atoms with van der Waals surface area (Å²) < 4.78 is 6.51. The maximum absolute atomic E-state index is 13.4. The molecule has 0 saturated heterocycles. The van der Waals surface area contributed by atoms with E-state index in [-0.39, 0.29) is 21.9 Å². The van der Waals surface area contributed by atoms with Crippen molar-refractivity contribution in [3.05, 3.63) is 66.3 Å². The Balaban J connectivity index is 1.87. The van der Waals surface area contributed by atoms with Crippen molar-refractivity contribution >= 4 is 56.3 Å². The smallest absolute Gasteiger partial charge is 0.415 e. The third-order valence-electron chi connectivity index (χ3n) is 6.02. The zero-order chi connectivity index (χ0) is 25.5. The number of hydrogen-bond acceptors (Lipinski definition) is 7. The van der Waals surface area contributed by atoms with E-state index in [2.05, 4.69) is 4.98 Å². The van der Waals surface area contributed by atoms with Crippen LogP contribution in [0.15, 0.2) is 35.7 Å². The highest BCUT2D eigenvalue weighted by atomic mass is 35.5. The number of rotatable bonds is 5. The molecule has 1 aliphatic rings. The van der Waals surface area contributed by atoms with Crippen molar-refractivity contribution < 1.29 is 14.5 Å². The number of fused-ring (bicyclic) bond motifs is 1. The van der Waals surface area contributed by atoms with Gasteiger partial charge in [0.2, 0.25) is 6.04 Å². The standard InChI is InChI=1S/C25H28ClN3O4S2/c1-14-8-6-10-17(21(14)29(31)32)22-15(2)20-23(35-22)18(12-19(26)27-20)28(13-16-9-7-11-34-16)24(30)33-25(3,4)5/h6-9,11-12,14,17,21H,10,13H2,1-5H3. The number of thiophene rings is 2. The first-order valence-electron chi connectivity index (χ1n) is 11.4. The summed E-state index contributed by atoms with van der Waals surface area (Å²) in [5.41, 5.74) is 1.45. The third-order valence-corrected chi connectivity index (χ3v) is 8.51. The largest absolute Gasteiger partial charge is 0.443 e. The molecular weight excluding hydrogens is 506 g/mol. The summed E-state index contributed by atoms with van der Waals surface area (Å²) in [6.07, 6.45) is 4.03. The van der Waals surface area contributed by atoms with Crippen LogP contribution in [0, 0.1) is 23.0 Å². The number of ether oxygens (including phenoxy) is 1. The van der Waals surface area contributed by atoms with Gasteiger partial charge in [0.15, 0.2) is 0 Å². The second kappa shape index (κ2) is 9.87. The summed E-state index contributed by atoms with van der Waals surface area (Å²) in [5, 5.41) is 14.2. The predicted octanol–water partition coefficient (Wildman–Crippen LogP) is 7.59. The lowest BCUT2D eigenvalue weighted by Crippen LogP contribution is -2.36. The maximum Gasteiger partial charge on any atom is 0.415 e. The summed E-state index contributed by atoms with van der Waals surface area (Å²) in [7, 11) is 0. The Kier molecular flexibility index (Phi) is 7.22. The van der Waals surface area contributed by atoms with Crippen LogP contribution >= 0.6 is 34.3 Å². The predicted molar refractivity (Wildman–Crippen MR) is 143 cm³/mol. The van der Waals surface area contributed by atoms with E-state index in [1.807, 2.05) is 64.3 Å². The molecule has 1 amide bonds. The molecule has 3 aromatic rings. The Morgan fingerprint density at radius 3 is 2.77 bits per heavy atom. The van der Waals surface area contributed by atoms with Crippen LogP contribution in [0.2, 0.25) is 5.15 Å². The molecule has 0 bridgehead atoms. The van der Waals surface area contributed by atoms with Crippen molar-refractivity contribution in [3.8, 4) is 0 Å². The van der Waals surface area contributed by atoms with E-state index in [1.165, 1.54) is 11.3 Å². The molecule has 0 saturated carbocycles. The Morgan fingerprint density at radius 1 is 1.40 bits per heavy atom. The Labute approximate surface area is 217 Å². The zero-order valence-corrected chi connectivity index (χ0v) is 22.7. The summed E-state index contributed by atoms with van der Waals surface area (Å²) in [5.74, 6) is -0.454. The number of nitro groups is 1. The second-order valence-corrected chi connectivity index (χ2v) is 12.3. The fraction of sp³-hybridized carbons (Fsp3) is 0.440. The molecule has 0 aliphatic heterocycles. The number of nitrogens with zero attached hydrogens (tertiary/aromatic N) is 3. The van der Waals surface area contributed by atoms with Crippen LogP contribution < -0.4 is 4.90 Å². The monoisotopic (exact) mass is 533 g/mol. The van der Waals surface area contributed by atoms with Crippen LogP contribution in [0.5, 0.6) is 0 Å². The molecule has 0 N–H and O–H groups in total. The number of amides is 1. The second-order valence-electron chi connectivity index (χ2n) is 9.78. The minimum absolute atomic E-state index is 0.173. The van der Waals surface area contributed by atoms with Gasteiger partial charge in [-0.25, -0.2) is 9.78 Å². The SMILES string of the molecule is Cc1c(C2CC=CC(C)C2[N+](=O)[O-])sc2c(N(Cc3cccs3)C(=O)OC(C)(C)C)cc(Cl)nc12. The van der Waals surface area contributed by atoms with Gasteiger partial charge in [0.25, 0.3) is 0 Å². The summed E-state index contributed by atoms with van der Waals surface area (Å²) in [6.45, 7) is 9.60.